The zero-order valence-corrected chi connectivity index (χ0v) is 16.7. The molecule has 9 nitrogen and oxygen atoms in total. The van der Waals surface area contributed by atoms with Crippen LogP contribution in [0, 0.1) is 0 Å². The molecule has 0 bridgehead atoms. The maximum absolute atomic E-state index is 12.7. The van der Waals surface area contributed by atoms with Crippen LogP contribution in [0.15, 0.2) is 30.5 Å². The highest BCUT2D eigenvalue weighted by Crippen LogP contribution is 2.22. The molecule has 0 spiro atoms. The summed E-state index contributed by atoms with van der Waals surface area (Å²) in [5, 5.41) is 5.49. The van der Waals surface area contributed by atoms with E-state index >= 15 is 0 Å². The lowest BCUT2D eigenvalue weighted by molar-refractivity contribution is 0.102. The van der Waals surface area contributed by atoms with E-state index in [1.807, 2.05) is 4.90 Å². The Morgan fingerprint density at radius 3 is 2.62 bits per heavy atom. The van der Waals surface area contributed by atoms with Gasteiger partial charge in [0, 0.05) is 31.6 Å². The molecule has 2 amide bonds. The van der Waals surface area contributed by atoms with Crippen LogP contribution in [0.2, 0.25) is 5.02 Å². The standard InChI is InChI=1S/C19H22ClN5O4/c1-28-9-10-29-19(27)23-14-6-4-5-13(11-14)22-17(26)16-15(20)12-21-18(24-16)25-7-2-3-8-25/h4-6,11-12H,2-3,7-10H2,1H3,(H,22,26)(H,23,27). The number of nitrogens with one attached hydrogen (secondary N) is 2. The summed E-state index contributed by atoms with van der Waals surface area (Å²) in [6, 6.07) is 6.66. The molecule has 2 heterocycles. The fourth-order valence-corrected chi connectivity index (χ4v) is 3.00. The first-order valence-electron chi connectivity index (χ1n) is 9.18. The number of ether oxygens (including phenoxy) is 2. The van der Waals surface area contributed by atoms with Crippen molar-refractivity contribution < 1.29 is 19.1 Å². The number of hydrogen-bond acceptors (Lipinski definition) is 7. The average molecular weight is 420 g/mol. The molecule has 10 heteroatoms. The summed E-state index contributed by atoms with van der Waals surface area (Å²) in [7, 11) is 1.52. The normalized spacial score (nSPS) is 13.2. The number of carbonyl (C=O) groups is 2. The van der Waals surface area contributed by atoms with Gasteiger partial charge in [-0.3, -0.25) is 10.1 Å². The second-order valence-electron chi connectivity index (χ2n) is 6.35. The van der Waals surface area contributed by atoms with Crippen LogP contribution in [0.5, 0.6) is 0 Å². The van der Waals surface area contributed by atoms with Crippen molar-refractivity contribution in [2.45, 2.75) is 12.8 Å². The molecule has 154 valence electrons. The SMILES string of the molecule is COCCOC(=O)Nc1cccc(NC(=O)c2nc(N3CCCC3)ncc2Cl)c1. The van der Waals surface area contributed by atoms with Crippen LogP contribution < -0.4 is 15.5 Å². The van der Waals surface area contributed by atoms with Crippen molar-refractivity contribution in [3.05, 3.63) is 41.2 Å². The Balaban J connectivity index is 1.66. The minimum absolute atomic E-state index is 0.0981. The number of nitrogens with zero attached hydrogens (tertiary/aromatic N) is 3. The van der Waals surface area contributed by atoms with Gasteiger partial charge in [-0.05, 0) is 31.0 Å². The molecule has 0 saturated carbocycles. The summed E-state index contributed by atoms with van der Waals surface area (Å²) in [6.07, 6.45) is 2.97. The molecule has 0 unspecified atom stereocenters. The number of aromatic nitrogens is 2. The first-order chi connectivity index (χ1) is 14.1. The van der Waals surface area contributed by atoms with Crippen LogP contribution in [0.1, 0.15) is 23.3 Å². The lowest BCUT2D eigenvalue weighted by Crippen LogP contribution is -2.23. The maximum atomic E-state index is 12.7. The molecular weight excluding hydrogens is 398 g/mol. The molecule has 1 aliphatic heterocycles. The first-order valence-corrected chi connectivity index (χ1v) is 9.56. The van der Waals surface area contributed by atoms with Crippen LogP contribution in [-0.4, -0.2) is 55.4 Å². The van der Waals surface area contributed by atoms with E-state index in [1.54, 1.807) is 24.3 Å². The molecule has 1 aromatic carbocycles. The highest BCUT2D eigenvalue weighted by atomic mass is 35.5. The quantitative estimate of drug-likeness (QED) is 0.664. The van der Waals surface area contributed by atoms with E-state index in [2.05, 4.69) is 20.6 Å². The highest BCUT2D eigenvalue weighted by Gasteiger charge is 2.20. The van der Waals surface area contributed by atoms with Gasteiger partial charge in [-0.1, -0.05) is 17.7 Å². The summed E-state index contributed by atoms with van der Waals surface area (Å²) in [5.41, 5.74) is 1.04. The molecule has 1 saturated heterocycles. The van der Waals surface area contributed by atoms with Crippen molar-refractivity contribution in [1.82, 2.24) is 9.97 Å². The number of carbonyl (C=O) groups excluding carboxylic acids is 2. The number of hydrogen-bond donors (Lipinski definition) is 2. The third-order valence-corrected chi connectivity index (χ3v) is 4.50. The Bertz CT molecular complexity index is 873. The van der Waals surface area contributed by atoms with Crippen molar-refractivity contribution in [2.24, 2.45) is 0 Å². The first kappa shape index (κ1) is 20.8. The monoisotopic (exact) mass is 419 g/mol. The molecule has 3 rings (SSSR count). The van der Waals surface area contributed by atoms with Gasteiger partial charge in [-0.2, -0.15) is 0 Å². The summed E-state index contributed by atoms with van der Waals surface area (Å²) in [6.45, 7) is 2.17. The van der Waals surface area contributed by atoms with Gasteiger partial charge in [0.05, 0.1) is 17.8 Å². The zero-order chi connectivity index (χ0) is 20.6. The number of anilines is 3. The number of amides is 2. The minimum atomic E-state index is -0.611. The van der Waals surface area contributed by atoms with E-state index in [9.17, 15) is 9.59 Å². The number of benzene rings is 1. The maximum Gasteiger partial charge on any atom is 0.411 e. The fraction of sp³-hybridized carbons (Fsp3) is 0.368. The molecule has 0 radical (unpaired) electrons. The zero-order valence-electron chi connectivity index (χ0n) is 16.0. The van der Waals surface area contributed by atoms with E-state index in [0.717, 1.165) is 25.9 Å². The van der Waals surface area contributed by atoms with E-state index in [1.165, 1.54) is 13.3 Å². The van der Waals surface area contributed by atoms with Crippen molar-refractivity contribution in [3.8, 4) is 0 Å². The van der Waals surface area contributed by atoms with Gasteiger partial charge < -0.3 is 19.7 Å². The number of methoxy groups -OCH3 is 1. The Morgan fingerprint density at radius 1 is 1.17 bits per heavy atom. The van der Waals surface area contributed by atoms with Crippen LogP contribution in [0.25, 0.3) is 0 Å². The van der Waals surface area contributed by atoms with Crippen molar-refractivity contribution in [2.75, 3.05) is 48.9 Å². The van der Waals surface area contributed by atoms with Gasteiger partial charge in [-0.15, -0.1) is 0 Å². The molecule has 0 aliphatic carbocycles. The Hall–Kier alpha value is -2.91. The predicted molar refractivity (Wildman–Crippen MR) is 110 cm³/mol. The third kappa shape index (κ3) is 5.78. The molecule has 1 fully saturated rings. The summed E-state index contributed by atoms with van der Waals surface area (Å²) in [4.78, 5) is 35.0. The predicted octanol–water partition coefficient (Wildman–Crippen LogP) is 3.18. The Morgan fingerprint density at radius 2 is 1.90 bits per heavy atom. The van der Waals surface area contributed by atoms with Crippen LogP contribution >= 0.6 is 11.6 Å². The molecule has 2 aromatic rings. The molecule has 2 N–H and O–H groups in total. The van der Waals surface area contributed by atoms with Gasteiger partial charge >= 0.3 is 6.09 Å². The number of halogens is 1. The van der Waals surface area contributed by atoms with Gasteiger partial charge in [-0.25, -0.2) is 14.8 Å². The highest BCUT2D eigenvalue weighted by molar-refractivity contribution is 6.34. The molecule has 0 atom stereocenters. The van der Waals surface area contributed by atoms with Gasteiger partial charge in [0.25, 0.3) is 5.91 Å². The second-order valence-corrected chi connectivity index (χ2v) is 6.76. The molecular formula is C19H22ClN5O4. The van der Waals surface area contributed by atoms with E-state index < -0.39 is 12.0 Å². The molecule has 29 heavy (non-hydrogen) atoms. The fourth-order valence-electron chi connectivity index (χ4n) is 2.82. The average Bonchev–Trinajstić information content (AvgIpc) is 3.23. The Kier molecular flexibility index (Phi) is 7.20. The lowest BCUT2D eigenvalue weighted by Gasteiger charge is -2.16. The van der Waals surface area contributed by atoms with Crippen LogP contribution in [0.4, 0.5) is 22.1 Å². The smallest absolute Gasteiger partial charge is 0.411 e. The second kappa shape index (κ2) is 10.0. The van der Waals surface area contributed by atoms with Crippen molar-refractivity contribution in [1.29, 1.82) is 0 Å². The summed E-state index contributed by atoms with van der Waals surface area (Å²) >= 11 is 6.14. The van der Waals surface area contributed by atoms with Gasteiger partial charge in [0.2, 0.25) is 5.95 Å². The largest absolute Gasteiger partial charge is 0.447 e. The van der Waals surface area contributed by atoms with E-state index in [-0.39, 0.29) is 17.3 Å². The van der Waals surface area contributed by atoms with Gasteiger partial charge in [0.15, 0.2) is 5.69 Å². The summed E-state index contributed by atoms with van der Waals surface area (Å²) < 4.78 is 9.77. The number of rotatable bonds is 7. The minimum Gasteiger partial charge on any atom is -0.447 e. The van der Waals surface area contributed by atoms with Crippen molar-refractivity contribution >= 4 is 40.9 Å². The van der Waals surface area contributed by atoms with Crippen LogP contribution in [-0.2, 0) is 9.47 Å². The van der Waals surface area contributed by atoms with Crippen molar-refractivity contribution in [3.63, 3.8) is 0 Å². The topological polar surface area (TPSA) is 106 Å². The third-order valence-electron chi connectivity index (χ3n) is 4.22. The van der Waals surface area contributed by atoms with E-state index in [0.29, 0.717) is 23.9 Å². The van der Waals surface area contributed by atoms with E-state index in [4.69, 9.17) is 21.1 Å². The summed E-state index contributed by atoms with van der Waals surface area (Å²) in [5.74, 6) is 0.0314. The lowest BCUT2D eigenvalue weighted by atomic mass is 10.2. The molecule has 1 aromatic heterocycles. The van der Waals surface area contributed by atoms with Gasteiger partial charge in [0.1, 0.15) is 6.61 Å². The molecule has 1 aliphatic rings. The van der Waals surface area contributed by atoms with Crippen LogP contribution in [0.3, 0.4) is 0 Å². The Labute approximate surface area is 173 Å².